The van der Waals surface area contributed by atoms with Crippen molar-refractivity contribution in [2.45, 2.75) is 38.1 Å². The molecule has 1 aromatic rings. The topological polar surface area (TPSA) is 47.1 Å². The van der Waals surface area contributed by atoms with E-state index in [2.05, 4.69) is 35.3 Å². The van der Waals surface area contributed by atoms with E-state index < -0.39 is 0 Å². The fourth-order valence-electron chi connectivity index (χ4n) is 2.76. The smallest absolute Gasteiger partial charge is 0.112 e. The molecule has 0 aromatic carbocycles. The molecular weight excluding hydrogens is 212 g/mol. The first-order valence-corrected chi connectivity index (χ1v) is 6.44. The van der Waals surface area contributed by atoms with E-state index in [0.29, 0.717) is 5.92 Å². The summed E-state index contributed by atoms with van der Waals surface area (Å²) >= 11 is 0. The van der Waals surface area contributed by atoms with Crippen LogP contribution in [0.3, 0.4) is 0 Å². The fraction of sp³-hybridized carbons (Fsp3) is 0.769. The zero-order valence-corrected chi connectivity index (χ0v) is 11.2. The number of aromatic nitrogens is 2. The number of hydrogen-bond acceptors (Lipinski definition) is 3. The van der Waals surface area contributed by atoms with E-state index in [0.717, 1.165) is 13.1 Å². The Hall–Kier alpha value is -0.870. The van der Waals surface area contributed by atoms with Crippen molar-refractivity contribution in [1.82, 2.24) is 14.5 Å². The Morgan fingerprint density at radius 1 is 1.53 bits per heavy atom. The second-order valence-corrected chi connectivity index (χ2v) is 5.96. The predicted octanol–water partition coefficient (Wildman–Crippen LogP) is 1.34. The molecule has 0 radical (unpaired) electrons. The third kappa shape index (κ3) is 3.30. The third-order valence-corrected chi connectivity index (χ3v) is 3.36. The fourth-order valence-corrected chi connectivity index (χ4v) is 2.76. The van der Waals surface area contributed by atoms with Crippen molar-refractivity contribution in [3.8, 4) is 0 Å². The molecule has 4 nitrogen and oxygen atoms in total. The number of imidazole rings is 1. The summed E-state index contributed by atoms with van der Waals surface area (Å²) in [5.41, 5.74) is 5.99. The monoisotopic (exact) mass is 236 g/mol. The van der Waals surface area contributed by atoms with Gasteiger partial charge < -0.3 is 15.2 Å². The molecule has 1 aliphatic heterocycles. The molecular formula is C13H24N4. The lowest BCUT2D eigenvalue weighted by atomic mass is 9.95. The second kappa shape index (κ2) is 4.78. The van der Waals surface area contributed by atoms with Crippen LogP contribution in [-0.2, 0) is 7.05 Å². The minimum absolute atomic E-state index is 0.108. The predicted molar refractivity (Wildman–Crippen MR) is 69.9 cm³/mol. The molecule has 0 amide bonds. The molecule has 1 saturated heterocycles. The molecule has 1 atom stereocenters. The van der Waals surface area contributed by atoms with Gasteiger partial charge in [0.25, 0.3) is 0 Å². The highest BCUT2D eigenvalue weighted by Gasteiger charge is 2.26. The van der Waals surface area contributed by atoms with Crippen molar-refractivity contribution in [2.24, 2.45) is 12.8 Å². The van der Waals surface area contributed by atoms with Gasteiger partial charge in [0.2, 0.25) is 0 Å². The first kappa shape index (κ1) is 12.6. The van der Waals surface area contributed by atoms with Crippen LogP contribution in [0.5, 0.6) is 0 Å². The maximum Gasteiger partial charge on any atom is 0.112 e. The van der Waals surface area contributed by atoms with Crippen LogP contribution >= 0.6 is 0 Å². The van der Waals surface area contributed by atoms with Crippen LogP contribution in [0.2, 0.25) is 0 Å². The molecule has 4 heteroatoms. The van der Waals surface area contributed by atoms with Crippen LogP contribution in [0.1, 0.15) is 38.4 Å². The van der Waals surface area contributed by atoms with E-state index >= 15 is 0 Å². The van der Waals surface area contributed by atoms with Gasteiger partial charge in [0.1, 0.15) is 5.82 Å². The number of likely N-dealkylation sites (tertiary alicyclic amines) is 1. The van der Waals surface area contributed by atoms with E-state index in [9.17, 15) is 0 Å². The zero-order chi connectivity index (χ0) is 12.5. The molecule has 0 bridgehead atoms. The SMILES string of the molecule is Cn1ccnc1C1CCCN(CC(C)(C)N)C1. The van der Waals surface area contributed by atoms with Crippen LogP contribution < -0.4 is 5.73 Å². The maximum atomic E-state index is 6.10. The summed E-state index contributed by atoms with van der Waals surface area (Å²) in [6.07, 6.45) is 6.41. The van der Waals surface area contributed by atoms with E-state index in [-0.39, 0.29) is 5.54 Å². The van der Waals surface area contributed by atoms with Gasteiger partial charge in [0, 0.05) is 44.0 Å². The molecule has 1 aliphatic rings. The number of aryl methyl sites for hydroxylation is 1. The standard InChI is InChI=1S/C13H24N4/c1-13(2,14)10-17-7-4-5-11(9-17)12-15-6-8-16(12)3/h6,8,11H,4-5,7,9-10,14H2,1-3H3. The van der Waals surface area contributed by atoms with E-state index in [1.807, 2.05) is 12.4 Å². The number of nitrogens with zero attached hydrogens (tertiary/aromatic N) is 3. The highest BCUT2D eigenvalue weighted by atomic mass is 15.2. The number of rotatable bonds is 3. The molecule has 2 heterocycles. The Bertz CT molecular complexity index is 364. The minimum Gasteiger partial charge on any atom is -0.338 e. The molecule has 96 valence electrons. The average molecular weight is 236 g/mol. The molecule has 2 rings (SSSR count). The van der Waals surface area contributed by atoms with Gasteiger partial charge in [-0.1, -0.05) is 0 Å². The summed E-state index contributed by atoms with van der Waals surface area (Å²) < 4.78 is 2.14. The first-order valence-electron chi connectivity index (χ1n) is 6.44. The molecule has 1 fully saturated rings. The molecule has 0 aliphatic carbocycles. The molecule has 1 aromatic heterocycles. The van der Waals surface area contributed by atoms with Crippen molar-refractivity contribution < 1.29 is 0 Å². The van der Waals surface area contributed by atoms with Gasteiger partial charge in [-0.15, -0.1) is 0 Å². The Labute approximate surface area is 104 Å². The van der Waals surface area contributed by atoms with Gasteiger partial charge in [-0.2, -0.15) is 0 Å². The Morgan fingerprint density at radius 2 is 2.29 bits per heavy atom. The lowest BCUT2D eigenvalue weighted by Crippen LogP contribution is -2.48. The summed E-state index contributed by atoms with van der Waals surface area (Å²) in [5, 5.41) is 0. The van der Waals surface area contributed by atoms with Crippen molar-refractivity contribution in [3.63, 3.8) is 0 Å². The van der Waals surface area contributed by atoms with Crippen LogP contribution in [0.25, 0.3) is 0 Å². The summed E-state index contributed by atoms with van der Waals surface area (Å²) in [4.78, 5) is 6.95. The van der Waals surface area contributed by atoms with Gasteiger partial charge >= 0.3 is 0 Å². The summed E-state index contributed by atoms with van der Waals surface area (Å²) in [7, 11) is 2.08. The molecule has 1 unspecified atom stereocenters. The van der Waals surface area contributed by atoms with Crippen LogP contribution in [0.4, 0.5) is 0 Å². The zero-order valence-electron chi connectivity index (χ0n) is 11.2. The second-order valence-electron chi connectivity index (χ2n) is 5.96. The third-order valence-electron chi connectivity index (χ3n) is 3.36. The van der Waals surface area contributed by atoms with Crippen LogP contribution in [-0.4, -0.2) is 39.6 Å². The Balaban J connectivity index is 2.00. The largest absolute Gasteiger partial charge is 0.338 e. The van der Waals surface area contributed by atoms with E-state index in [4.69, 9.17) is 5.73 Å². The minimum atomic E-state index is -0.108. The van der Waals surface area contributed by atoms with Crippen LogP contribution in [0, 0.1) is 0 Å². The quantitative estimate of drug-likeness (QED) is 0.861. The molecule has 0 saturated carbocycles. The lowest BCUT2D eigenvalue weighted by molar-refractivity contribution is 0.172. The normalized spacial score (nSPS) is 22.9. The van der Waals surface area contributed by atoms with Gasteiger partial charge in [-0.05, 0) is 33.2 Å². The Morgan fingerprint density at radius 3 is 2.88 bits per heavy atom. The summed E-state index contributed by atoms with van der Waals surface area (Å²) in [5.74, 6) is 1.77. The van der Waals surface area contributed by atoms with Gasteiger partial charge in [0.05, 0.1) is 0 Å². The maximum absolute atomic E-state index is 6.10. The van der Waals surface area contributed by atoms with Crippen LogP contribution in [0.15, 0.2) is 12.4 Å². The van der Waals surface area contributed by atoms with E-state index in [1.165, 1.54) is 25.2 Å². The van der Waals surface area contributed by atoms with Crippen molar-refractivity contribution in [1.29, 1.82) is 0 Å². The van der Waals surface area contributed by atoms with Gasteiger partial charge in [0.15, 0.2) is 0 Å². The number of nitrogens with two attached hydrogens (primary N) is 1. The molecule has 0 spiro atoms. The average Bonchev–Trinajstić information content (AvgIpc) is 2.62. The van der Waals surface area contributed by atoms with Gasteiger partial charge in [-0.25, -0.2) is 4.98 Å². The van der Waals surface area contributed by atoms with Crippen molar-refractivity contribution >= 4 is 0 Å². The Kier molecular flexibility index (Phi) is 3.54. The van der Waals surface area contributed by atoms with Crippen molar-refractivity contribution in [2.75, 3.05) is 19.6 Å². The highest BCUT2D eigenvalue weighted by molar-refractivity contribution is 5.02. The summed E-state index contributed by atoms with van der Waals surface area (Å²) in [6, 6.07) is 0. The lowest BCUT2D eigenvalue weighted by Gasteiger charge is -2.36. The first-order chi connectivity index (χ1) is 7.96. The number of piperidine rings is 1. The highest BCUT2D eigenvalue weighted by Crippen LogP contribution is 2.25. The molecule has 17 heavy (non-hydrogen) atoms. The van der Waals surface area contributed by atoms with E-state index in [1.54, 1.807) is 0 Å². The van der Waals surface area contributed by atoms with Gasteiger partial charge in [-0.3, -0.25) is 0 Å². The molecule has 2 N–H and O–H groups in total. The van der Waals surface area contributed by atoms with Crippen molar-refractivity contribution in [3.05, 3.63) is 18.2 Å². The number of hydrogen-bond donors (Lipinski definition) is 1. The summed E-state index contributed by atoms with van der Waals surface area (Å²) in [6.45, 7) is 7.41.